The van der Waals surface area contributed by atoms with Gasteiger partial charge in [-0.1, -0.05) is 24.3 Å². The highest BCUT2D eigenvalue weighted by molar-refractivity contribution is 7.49. The molecule has 5 nitrogen and oxygen atoms in total. The number of aryl methyl sites for hydroxylation is 6. The SMILES string of the molecule is Cc1cc(C)c2c(c1)-c1cc(C)cc(C)c1OP(=O)(OCCc1cc(C)c(O)c(C)c1)O2. The van der Waals surface area contributed by atoms with Gasteiger partial charge in [-0.05, 0) is 99.0 Å². The van der Waals surface area contributed by atoms with Gasteiger partial charge in [-0.3, -0.25) is 4.52 Å². The molecule has 1 heterocycles. The summed E-state index contributed by atoms with van der Waals surface area (Å²) < 4.78 is 31.5. The second-order valence-electron chi connectivity index (χ2n) is 8.71. The third-order valence-electron chi connectivity index (χ3n) is 5.73. The number of phenols is 1. The standard InChI is InChI=1S/C26H29O5P/c1-15-9-19(5)25-22(11-15)23-12-16(2)10-20(6)26(23)31-32(28,30-25)29-8-7-21-13-17(3)24(27)18(4)14-21/h9-14,27H,7-8H2,1-6H3. The number of phenolic OH excluding ortho intramolecular Hbond substituents is 1. The Morgan fingerprint density at radius 1 is 0.750 bits per heavy atom. The Morgan fingerprint density at radius 3 is 1.69 bits per heavy atom. The molecule has 1 N–H and O–H groups in total. The van der Waals surface area contributed by atoms with Crippen molar-refractivity contribution in [3.8, 4) is 28.4 Å². The van der Waals surface area contributed by atoms with Crippen LogP contribution in [0.2, 0.25) is 0 Å². The van der Waals surface area contributed by atoms with Crippen LogP contribution < -0.4 is 9.05 Å². The molecule has 1 aliphatic rings. The van der Waals surface area contributed by atoms with Crippen LogP contribution in [0.3, 0.4) is 0 Å². The van der Waals surface area contributed by atoms with Crippen molar-refractivity contribution in [2.75, 3.05) is 6.61 Å². The Bertz CT molecular complexity index is 1180. The van der Waals surface area contributed by atoms with E-state index >= 15 is 0 Å². The lowest BCUT2D eigenvalue weighted by molar-refractivity contribution is 0.213. The summed E-state index contributed by atoms with van der Waals surface area (Å²) in [6.07, 6.45) is 0.512. The first-order chi connectivity index (χ1) is 15.1. The fourth-order valence-corrected chi connectivity index (χ4v) is 5.70. The molecule has 0 atom stereocenters. The molecule has 0 bridgehead atoms. The van der Waals surface area contributed by atoms with Crippen molar-refractivity contribution < 1.29 is 23.2 Å². The van der Waals surface area contributed by atoms with Gasteiger partial charge in [0.25, 0.3) is 0 Å². The summed E-state index contributed by atoms with van der Waals surface area (Å²) in [6, 6.07) is 11.9. The second kappa shape index (κ2) is 8.31. The number of hydrogen-bond acceptors (Lipinski definition) is 5. The van der Waals surface area contributed by atoms with Crippen molar-refractivity contribution in [2.45, 2.75) is 48.0 Å². The first-order valence-electron chi connectivity index (χ1n) is 10.7. The lowest BCUT2D eigenvalue weighted by Gasteiger charge is -2.19. The average molecular weight is 452 g/mol. The van der Waals surface area contributed by atoms with Gasteiger partial charge in [0.1, 0.15) is 17.2 Å². The molecule has 3 aromatic carbocycles. The van der Waals surface area contributed by atoms with Crippen molar-refractivity contribution in [3.05, 3.63) is 75.3 Å². The molecule has 0 saturated heterocycles. The Hall–Kier alpha value is -2.75. The molecule has 0 radical (unpaired) electrons. The van der Waals surface area contributed by atoms with Gasteiger partial charge < -0.3 is 14.2 Å². The van der Waals surface area contributed by atoms with E-state index in [1.54, 1.807) is 0 Å². The predicted molar refractivity (Wildman–Crippen MR) is 127 cm³/mol. The first-order valence-corrected chi connectivity index (χ1v) is 12.2. The van der Waals surface area contributed by atoms with Crippen molar-refractivity contribution in [3.63, 3.8) is 0 Å². The van der Waals surface area contributed by atoms with Crippen molar-refractivity contribution in [2.24, 2.45) is 0 Å². The molecule has 1 aliphatic heterocycles. The Morgan fingerprint density at radius 2 is 1.22 bits per heavy atom. The third-order valence-corrected chi connectivity index (χ3v) is 7.04. The Labute approximate surface area is 189 Å². The zero-order valence-electron chi connectivity index (χ0n) is 19.4. The summed E-state index contributed by atoms with van der Waals surface area (Å²) >= 11 is 0. The molecule has 0 fully saturated rings. The van der Waals surface area contributed by atoms with E-state index in [4.69, 9.17) is 13.6 Å². The van der Waals surface area contributed by atoms with Gasteiger partial charge in [0, 0.05) is 11.1 Å². The topological polar surface area (TPSA) is 65.0 Å². The van der Waals surface area contributed by atoms with Crippen LogP contribution in [-0.2, 0) is 15.5 Å². The molecular formula is C26H29O5P. The van der Waals surface area contributed by atoms with Gasteiger partial charge in [-0.15, -0.1) is 0 Å². The minimum absolute atomic E-state index is 0.154. The molecule has 4 rings (SSSR count). The zero-order valence-corrected chi connectivity index (χ0v) is 20.3. The van der Waals surface area contributed by atoms with E-state index in [0.29, 0.717) is 23.7 Å². The predicted octanol–water partition coefficient (Wildman–Crippen LogP) is 7.05. The highest BCUT2D eigenvalue weighted by Crippen LogP contribution is 2.58. The molecule has 3 aromatic rings. The van der Waals surface area contributed by atoms with E-state index in [9.17, 15) is 9.67 Å². The summed E-state index contributed by atoms with van der Waals surface area (Å²) in [7, 11) is -3.93. The maximum Gasteiger partial charge on any atom is 0.587 e. The number of rotatable bonds is 4. The van der Waals surface area contributed by atoms with E-state index in [-0.39, 0.29) is 6.61 Å². The van der Waals surface area contributed by atoms with Gasteiger partial charge in [-0.2, -0.15) is 0 Å². The first kappa shape index (κ1) is 22.4. The average Bonchev–Trinajstić information content (AvgIpc) is 2.82. The quantitative estimate of drug-likeness (QED) is 0.430. The largest absolute Gasteiger partial charge is 0.587 e. The van der Waals surface area contributed by atoms with Gasteiger partial charge in [0.2, 0.25) is 0 Å². The number of benzene rings is 3. The van der Waals surface area contributed by atoms with E-state index < -0.39 is 7.82 Å². The van der Waals surface area contributed by atoms with E-state index in [2.05, 4.69) is 0 Å². The monoisotopic (exact) mass is 452 g/mol. The number of phosphoric acid groups is 1. The summed E-state index contributed by atoms with van der Waals surface area (Å²) in [5.74, 6) is 1.35. The summed E-state index contributed by atoms with van der Waals surface area (Å²) in [6.45, 7) is 11.8. The number of phosphoric ester groups is 1. The maximum atomic E-state index is 13.7. The highest BCUT2D eigenvalue weighted by Gasteiger charge is 2.37. The van der Waals surface area contributed by atoms with Gasteiger partial charge >= 0.3 is 7.82 Å². The van der Waals surface area contributed by atoms with E-state index in [1.165, 1.54) is 0 Å². The fourth-order valence-electron chi connectivity index (χ4n) is 4.31. The molecule has 0 amide bonds. The number of aromatic hydroxyl groups is 1. The molecule has 6 heteroatoms. The van der Waals surface area contributed by atoms with Crippen molar-refractivity contribution in [1.82, 2.24) is 0 Å². The van der Waals surface area contributed by atoms with E-state index in [0.717, 1.165) is 50.1 Å². The van der Waals surface area contributed by atoms with Crippen molar-refractivity contribution in [1.29, 1.82) is 0 Å². The second-order valence-corrected chi connectivity index (χ2v) is 10.2. The normalized spacial score (nSPS) is 14.1. The molecule has 0 saturated carbocycles. The highest BCUT2D eigenvalue weighted by atomic mass is 31.2. The van der Waals surface area contributed by atoms with Crippen LogP contribution >= 0.6 is 7.82 Å². The summed E-state index contributed by atoms with van der Waals surface area (Å²) in [5, 5.41) is 9.99. The zero-order chi connectivity index (χ0) is 23.2. The number of hydrogen-bond donors (Lipinski definition) is 1. The minimum Gasteiger partial charge on any atom is -0.507 e. The van der Waals surface area contributed by atoms with Crippen LogP contribution in [0.4, 0.5) is 0 Å². The van der Waals surface area contributed by atoms with Crippen molar-refractivity contribution >= 4 is 7.82 Å². The molecule has 0 spiro atoms. The molecule has 168 valence electrons. The van der Waals surface area contributed by atoms with Crippen LogP contribution in [0.15, 0.2) is 36.4 Å². The smallest absolute Gasteiger partial charge is 0.507 e. The Balaban J connectivity index is 1.68. The van der Waals surface area contributed by atoms with Crippen LogP contribution in [0, 0.1) is 41.5 Å². The van der Waals surface area contributed by atoms with Crippen LogP contribution in [-0.4, -0.2) is 11.7 Å². The van der Waals surface area contributed by atoms with Gasteiger partial charge in [-0.25, -0.2) is 4.57 Å². The molecule has 32 heavy (non-hydrogen) atoms. The molecule has 0 aliphatic carbocycles. The molecule has 0 unspecified atom stereocenters. The van der Waals surface area contributed by atoms with E-state index in [1.807, 2.05) is 77.9 Å². The lowest BCUT2D eigenvalue weighted by atomic mass is 9.95. The molecular weight excluding hydrogens is 423 g/mol. The maximum absolute atomic E-state index is 13.7. The fraction of sp³-hybridized carbons (Fsp3) is 0.308. The van der Waals surface area contributed by atoms with Gasteiger partial charge in [0.15, 0.2) is 0 Å². The van der Waals surface area contributed by atoms with Crippen LogP contribution in [0.1, 0.15) is 38.9 Å². The minimum atomic E-state index is -3.93. The summed E-state index contributed by atoms with van der Waals surface area (Å²) in [4.78, 5) is 0. The summed E-state index contributed by atoms with van der Waals surface area (Å²) in [5.41, 5.74) is 8.23. The van der Waals surface area contributed by atoms with Crippen LogP contribution in [0.25, 0.3) is 11.1 Å². The third kappa shape index (κ3) is 4.28. The number of fused-ring (bicyclic) bond motifs is 3. The molecule has 0 aromatic heterocycles. The lowest BCUT2D eigenvalue weighted by Crippen LogP contribution is -2.07. The van der Waals surface area contributed by atoms with Crippen LogP contribution in [0.5, 0.6) is 17.2 Å². The van der Waals surface area contributed by atoms with Gasteiger partial charge in [0.05, 0.1) is 6.61 Å². The Kier molecular flexibility index (Phi) is 5.83.